The van der Waals surface area contributed by atoms with Gasteiger partial charge in [0.25, 0.3) is 0 Å². The fourth-order valence-corrected chi connectivity index (χ4v) is 4.18. The smallest absolute Gasteiger partial charge is 0.317 e. The third-order valence-corrected chi connectivity index (χ3v) is 6.05. The molecular formula is C21H34N4O3. The first-order valence-corrected chi connectivity index (χ1v) is 10.4. The summed E-state index contributed by atoms with van der Waals surface area (Å²) in [5, 5.41) is 12.2. The first-order chi connectivity index (χ1) is 13.6. The van der Waals surface area contributed by atoms with Crippen LogP contribution in [0.4, 0.5) is 4.79 Å². The summed E-state index contributed by atoms with van der Waals surface area (Å²) in [6.07, 6.45) is 2.06. The van der Waals surface area contributed by atoms with E-state index in [4.69, 9.17) is 9.84 Å². The number of piperazine rings is 1. The molecule has 0 bridgehead atoms. The highest BCUT2D eigenvalue weighted by Crippen LogP contribution is 2.20. The van der Waals surface area contributed by atoms with Crippen LogP contribution in [0.5, 0.6) is 5.75 Å². The molecule has 156 valence electrons. The number of rotatable bonds is 6. The van der Waals surface area contributed by atoms with Crippen molar-refractivity contribution in [3.8, 4) is 5.75 Å². The van der Waals surface area contributed by atoms with Gasteiger partial charge in [-0.05, 0) is 37.5 Å². The lowest BCUT2D eigenvalue weighted by Crippen LogP contribution is -2.55. The number of nitrogens with zero attached hydrogens (tertiary/aromatic N) is 3. The zero-order valence-corrected chi connectivity index (χ0v) is 17.1. The van der Waals surface area contributed by atoms with Crippen molar-refractivity contribution < 1.29 is 14.6 Å². The number of hydrogen-bond donors (Lipinski definition) is 2. The van der Waals surface area contributed by atoms with Gasteiger partial charge in [-0.2, -0.15) is 0 Å². The molecule has 0 saturated carbocycles. The monoisotopic (exact) mass is 390 g/mol. The summed E-state index contributed by atoms with van der Waals surface area (Å²) < 4.78 is 5.19. The standard InChI is InChI=1S/C21H34N4O3/c1-17(18-3-5-20(28-2)6-4-18)22-21(27)25-9-7-19(8-10-25)24-13-11-23(12-14-24)15-16-26/h3-6,17,19,26H,7-16H2,1-2H3,(H,22,27)/t17-/m1/s1. The van der Waals surface area contributed by atoms with E-state index in [1.165, 1.54) is 0 Å². The van der Waals surface area contributed by atoms with E-state index in [1.54, 1.807) is 7.11 Å². The summed E-state index contributed by atoms with van der Waals surface area (Å²) in [5.74, 6) is 0.821. The van der Waals surface area contributed by atoms with Gasteiger partial charge in [-0.15, -0.1) is 0 Å². The number of carbonyl (C=O) groups is 1. The largest absolute Gasteiger partial charge is 0.497 e. The lowest BCUT2D eigenvalue weighted by atomic mass is 10.0. The summed E-state index contributed by atoms with van der Waals surface area (Å²) in [4.78, 5) is 19.5. The van der Waals surface area contributed by atoms with E-state index >= 15 is 0 Å². The van der Waals surface area contributed by atoms with Gasteiger partial charge in [0.1, 0.15) is 5.75 Å². The van der Waals surface area contributed by atoms with E-state index < -0.39 is 0 Å². The predicted octanol–water partition coefficient (Wildman–Crippen LogP) is 1.54. The van der Waals surface area contributed by atoms with Crippen LogP contribution < -0.4 is 10.1 Å². The van der Waals surface area contributed by atoms with Crippen LogP contribution >= 0.6 is 0 Å². The molecule has 3 rings (SSSR count). The minimum Gasteiger partial charge on any atom is -0.497 e. The number of aliphatic hydroxyl groups is 1. The Labute approximate surface area is 168 Å². The number of ether oxygens (including phenoxy) is 1. The maximum Gasteiger partial charge on any atom is 0.317 e. The number of methoxy groups -OCH3 is 1. The van der Waals surface area contributed by atoms with Crippen LogP contribution in [0.3, 0.4) is 0 Å². The molecule has 1 atom stereocenters. The zero-order chi connectivity index (χ0) is 19.9. The molecule has 1 aromatic rings. The van der Waals surface area contributed by atoms with E-state index in [2.05, 4.69) is 15.1 Å². The minimum absolute atomic E-state index is 0.0227. The van der Waals surface area contributed by atoms with Crippen LogP contribution in [0.25, 0.3) is 0 Å². The summed E-state index contributed by atoms with van der Waals surface area (Å²) >= 11 is 0. The SMILES string of the molecule is COc1ccc([C@@H](C)NC(=O)N2CCC(N3CCN(CCO)CC3)CC2)cc1. The van der Waals surface area contributed by atoms with Crippen LogP contribution in [0, 0.1) is 0 Å². The summed E-state index contributed by atoms with van der Waals surface area (Å²) in [5.41, 5.74) is 1.07. The predicted molar refractivity (Wildman–Crippen MR) is 110 cm³/mol. The molecule has 2 aliphatic heterocycles. The molecule has 0 aliphatic carbocycles. The topological polar surface area (TPSA) is 68.3 Å². The molecule has 2 aliphatic rings. The number of nitrogens with one attached hydrogen (secondary N) is 1. The fourth-order valence-electron chi connectivity index (χ4n) is 4.18. The van der Waals surface area contributed by atoms with Crippen LogP contribution in [0.15, 0.2) is 24.3 Å². The molecule has 2 fully saturated rings. The van der Waals surface area contributed by atoms with Gasteiger partial charge in [0.05, 0.1) is 19.8 Å². The first kappa shape index (κ1) is 20.9. The van der Waals surface area contributed by atoms with Gasteiger partial charge in [0.15, 0.2) is 0 Å². The molecule has 28 heavy (non-hydrogen) atoms. The molecule has 0 unspecified atom stereocenters. The first-order valence-electron chi connectivity index (χ1n) is 10.4. The lowest BCUT2D eigenvalue weighted by Gasteiger charge is -2.42. The number of urea groups is 1. The number of benzene rings is 1. The Morgan fingerprint density at radius 1 is 1.14 bits per heavy atom. The van der Waals surface area contributed by atoms with Crippen LogP contribution in [0.2, 0.25) is 0 Å². The third kappa shape index (κ3) is 5.37. The molecular weight excluding hydrogens is 356 g/mol. The molecule has 2 heterocycles. The van der Waals surface area contributed by atoms with Crippen molar-refractivity contribution in [1.29, 1.82) is 0 Å². The number of carbonyl (C=O) groups excluding carboxylic acids is 1. The number of hydrogen-bond acceptors (Lipinski definition) is 5. The Balaban J connectivity index is 1.42. The second-order valence-electron chi connectivity index (χ2n) is 7.76. The molecule has 2 saturated heterocycles. The van der Waals surface area contributed by atoms with Gasteiger partial charge in [0.2, 0.25) is 0 Å². The van der Waals surface area contributed by atoms with E-state index in [0.29, 0.717) is 6.04 Å². The molecule has 1 aromatic carbocycles. The van der Waals surface area contributed by atoms with Gasteiger partial charge in [-0.25, -0.2) is 4.79 Å². The van der Waals surface area contributed by atoms with Crippen molar-refractivity contribution in [2.75, 3.05) is 59.5 Å². The van der Waals surface area contributed by atoms with E-state index in [0.717, 1.165) is 70.0 Å². The molecule has 0 spiro atoms. The van der Waals surface area contributed by atoms with Crippen LogP contribution in [-0.2, 0) is 0 Å². The van der Waals surface area contributed by atoms with Crippen molar-refractivity contribution in [2.24, 2.45) is 0 Å². The summed E-state index contributed by atoms with van der Waals surface area (Å²) in [6, 6.07) is 8.39. The van der Waals surface area contributed by atoms with Gasteiger partial charge in [-0.3, -0.25) is 9.80 Å². The maximum atomic E-state index is 12.6. The number of piperidine rings is 1. The number of β-amino-alcohol motifs (C(OH)–C–C–N with tert-alkyl or cyclic N) is 1. The molecule has 7 heteroatoms. The van der Waals surface area contributed by atoms with Crippen molar-refractivity contribution >= 4 is 6.03 Å². The molecule has 0 aromatic heterocycles. The van der Waals surface area contributed by atoms with E-state index in [-0.39, 0.29) is 18.7 Å². The van der Waals surface area contributed by atoms with Gasteiger partial charge < -0.3 is 20.1 Å². The van der Waals surface area contributed by atoms with Gasteiger partial charge >= 0.3 is 6.03 Å². The Morgan fingerprint density at radius 3 is 2.36 bits per heavy atom. The second kappa shape index (κ2) is 10.1. The highest BCUT2D eigenvalue weighted by molar-refractivity contribution is 5.74. The Morgan fingerprint density at radius 2 is 1.79 bits per heavy atom. The van der Waals surface area contributed by atoms with Gasteiger partial charge in [-0.1, -0.05) is 12.1 Å². The second-order valence-corrected chi connectivity index (χ2v) is 7.76. The van der Waals surface area contributed by atoms with Crippen molar-refractivity contribution in [3.63, 3.8) is 0 Å². The highest BCUT2D eigenvalue weighted by atomic mass is 16.5. The number of aliphatic hydroxyl groups excluding tert-OH is 1. The zero-order valence-electron chi connectivity index (χ0n) is 17.1. The minimum atomic E-state index is -0.0317. The third-order valence-electron chi connectivity index (χ3n) is 6.05. The van der Waals surface area contributed by atoms with Crippen molar-refractivity contribution in [1.82, 2.24) is 20.0 Å². The van der Waals surface area contributed by atoms with Crippen LogP contribution in [-0.4, -0.2) is 91.4 Å². The Hall–Kier alpha value is -1.83. The highest BCUT2D eigenvalue weighted by Gasteiger charge is 2.29. The maximum absolute atomic E-state index is 12.6. The fraction of sp³-hybridized carbons (Fsp3) is 0.667. The quantitative estimate of drug-likeness (QED) is 0.771. The molecule has 7 nitrogen and oxygen atoms in total. The van der Waals surface area contributed by atoms with Crippen molar-refractivity contribution in [2.45, 2.75) is 31.8 Å². The summed E-state index contributed by atoms with van der Waals surface area (Å²) in [7, 11) is 1.65. The Bertz CT molecular complexity index is 609. The summed E-state index contributed by atoms with van der Waals surface area (Å²) in [6.45, 7) is 8.82. The van der Waals surface area contributed by atoms with Crippen LogP contribution in [0.1, 0.15) is 31.4 Å². The molecule has 2 N–H and O–H groups in total. The lowest BCUT2D eigenvalue weighted by molar-refractivity contribution is 0.0585. The Kier molecular flexibility index (Phi) is 7.53. The molecule has 2 amide bonds. The van der Waals surface area contributed by atoms with E-state index in [9.17, 15) is 4.79 Å². The van der Waals surface area contributed by atoms with E-state index in [1.807, 2.05) is 36.1 Å². The number of likely N-dealkylation sites (tertiary alicyclic amines) is 1. The number of amides is 2. The molecule has 0 radical (unpaired) electrons. The van der Waals surface area contributed by atoms with Gasteiger partial charge in [0, 0.05) is 51.9 Å². The normalized spacial score (nSPS) is 20.8. The average Bonchev–Trinajstić information content (AvgIpc) is 2.74. The van der Waals surface area contributed by atoms with Crippen molar-refractivity contribution in [3.05, 3.63) is 29.8 Å². The average molecular weight is 391 g/mol.